The summed E-state index contributed by atoms with van der Waals surface area (Å²) in [5.74, 6) is 0.189. The van der Waals surface area contributed by atoms with Gasteiger partial charge in [-0.15, -0.1) is 0 Å². The molecule has 0 saturated heterocycles. The zero-order chi connectivity index (χ0) is 33.2. The number of Topliss-reactive ketones (excluding diaryl/α,β-unsaturated/α-hetero) is 1. The molecule has 0 bridgehead atoms. The lowest BCUT2D eigenvalue weighted by Gasteiger charge is -2.24. The van der Waals surface area contributed by atoms with Crippen molar-refractivity contribution in [1.29, 1.82) is 0 Å². The lowest BCUT2D eigenvalue weighted by molar-refractivity contribution is -0.129. The van der Waals surface area contributed by atoms with Gasteiger partial charge in [0.2, 0.25) is 11.8 Å². The molecule has 0 saturated carbocycles. The van der Waals surface area contributed by atoms with E-state index < -0.39 is 12.1 Å². The normalized spacial score (nSPS) is 12.2. The van der Waals surface area contributed by atoms with Crippen molar-refractivity contribution >= 4 is 34.2 Å². The van der Waals surface area contributed by atoms with Crippen LogP contribution in [0.2, 0.25) is 0 Å². The number of benzene rings is 4. The molecule has 0 fully saturated rings. The van der Waals surface area contributed by atoms with Gasteiger partial charge in [0.15, 0.2) is 0 Å². The average Bonchev–Trinajstić information content (AvgIpc) is 3.07. The van der Waals surface area contributed by atoms with E-state index in [1.165, 1.54) is 23.3 Å². The van der Waals surface area contributed by atoms with E-state index in [0.29, 0.717) is 19.4 Å². The molecule has 0 aliphatic carbocycles. The van der Waals surface area contributed by atoms with Crippen LogP contribution in [0.3, 0.4) is 0 Å². The van der Waals surface area contributed by atoms with Gasteiger partial charge in [0.1, 0.15) is 17.6 Å². The Bertz CT molecular complexity index is 1840. The number of pyridine rings is 1. The van der Waals surface area contributed by atoms with E-state index in [2.05, 4.69) is 52.1 Å². The summed E-state index contributed by atoms with van der Waals surface area (Å²) in [6.45, 7) is 6.21. The maximum atomic E-state index is 13.8. The third kappa shape index (κ3) is 9.13. The number of ketones is 1. The van der Waals surface area contributed by atoms with Crippen molar-refractivity contribution in [2.75, 3.05) is 11.9 Å². The summed E-state index contributed by atoms with van der Waals surface area (Å²) in [6.07, 6.45) is 3.05. The summed E-state index contributed by atoms with van der Waals surface area (Å²) in [6, 6.07) is 32.8. The predicted octanol–water partition coefficient (Wildman–Crippen LogP) is 7.27. The minimum atomic E-state index is -0.802. The van der Waals surface area contributed by atoms with Crippen molar-refractivity contribution in [3.63, 3.8) is 0 Å². The number of fused-ring (bicyclic) bond motifs is 1. The predicted molar refractivity (Wildman–Crippen MR) is 189 cm³/mol. The first-order chi connectivity index (χ1) is 22.8. The molecule has 0 unspecified atom stereocenters. The molecule has 2 amide bonds. The molecule has 7 nitrogen and oxygen atoms in total. The van der Waals surface area contributed by atoms with Crippen LogP contribution < -0.4 is 16.0 Å². The Hall–Kier alpha value is -5.30. The van der Waals surface area contributed by atoms with E-state index in [-0.39, 0.29) is 30.4 Å². The molecular formula is C40H42N4O3. The van der Waals surface area contributed by atoms with Crippen molar-refractivity contribution < 1.29 is 14.4 Å². The van der Waals surface area contributed by atoms with Gasteiger partial charge >= 0.3 is 0 Å². The van der Waals surface area contributed by atoms with Crippen molar-refractivity contribution in [1.82, 2.24) is 15.6 Å². The lowest BCUT2D eigenvalue weighted by Crippen LogP contribution is -2.49. The number of carbonyl (C=O) groups is 3. The molecule has 240 valence electrons. The van der Waals surface area contributed by atoms with Crippen LogP contribution >= 0.6 is 0 Å². The highest BCUT2D eigenvalue weighted by molar-refractivity contribution is 5.98. The van der Waals surface area contributed by atoms with Crippen LogP contribution in [0.5, 0.6) is 0 Å². The molecule has 0 spiro atoms. The monoisotopic (exact) mass is 626 g/mol. The van der Waals surface area contributed by atoms with Crippen LogP contribution in [-0.2, 0) is 20.8 Å². The van der Waals surface area contributed by atoms with Crippen LogP contribution in [-0.4, -0.2) is 35.2 Å². The summed E-state index contributed by atoms with van der Waals surface area (Å²) in [5.41, 5.74) is 6.26. The van der Waals surface area contributed by atoms with Crippen molar-refractivity contribution in [3.8, 4) is 11.1 Å². The third-order valence-corrected chi connectivity index (χ3v) is 8.31. The van der Waals surface area contributed by atoms with Gasteiger partial charge in [0, 0.05) is 32.0 Å². The molecule has 0 aliphatic heterocycles. The fourth-order valence-electron chi connectivity index (χ4n) is 5.83. The van der Waals surface area contributed by atoms with Gasteiger partial charge < -0.3 is 16.0 Å². The number of rotatable bonds is 14. The molecule has 5 aromatic rings. The third-order valence-electron chi connectivity index (χ3n) is 8.31. The van der Waals surface area contributed by atoms with Crippen molar-refractivity contribution in [2.24, 2.45) is 0 Å². The fourth-order valence-corrected chi connectivity index (χ4v) is 5.83. The summed E-state index contributed by atoms with van der Waals surface area (Å²) in [5, 5.41) is 11.7. The van der Waals surface area contributed by atoms with Gasteiger partial charge in [-0.3, -0.25) is 14.4 Å². The van der Waals surface area contributed by atoms with Gasteiger partial charge in [0.05, 0.1) is 6.04 Å². The first-order valence-corrected chi connectivity index (χ1v) is 16.1. The molecule has 1 aromatic heterocycles. The van der Waals surface area contributed by atoms with E-state index in [4.69, 9.17) is 0 Å². The number of nitrogens with zero attached hydrogens (tertiary/aromatic N) is 1. The van der Waals surface area contributed by atoms with Gasteiger partial charge in [-0.05, 0) is 83.5 Å². The maximum absolute atomic E-state index is 13.8. The van der Waals surface area contributed by atoms with E-state index >= 15 is 0 Å². The first kappa shape index (κ1) is 33.1. The molecule has 0 aliphatic rings. The van der Waals surface area contributed by atoms with Crippen LogP contribution in [0, 0.1) is 13.8 Å². The first-order valence-electron chi connectivity index (χ1n) is 16.1. The van der Waals surface area contributed by atoms with Gasteiger partial charge in [-0.1, -0.05) is 91.0 Å². The Morgan fingerprint density at radius 1 is 0.787 bits per heavy atom. The Morgan fingerprint density at radius 3 is 2.23 bits per heavy atom. The molecule has 7 heteroatoms. The van der Waals surface area contributed by atoms with E-state index in [1.807, 2.05) is 85.8 Å². The second kappa shape index (κ2) is 15.8. The van der Waals surface area contributed by atoms with Gasteiger partial charge in [0.25, 0.3) is 0 Å². The zero-order valence-electron chi connectivity index (χ0n) is 27.3. The number of hydrogen-bond donors (Lipinski definition) is 3. The zero-order valence-corrected chi connectivity index (χ0v) is 27.3. The van der Waals surface area contributed by atoms with Crippen LogP contribution in [0.4, 0.5) is 5.82 Å². The average molecular weight is 627 g/mol. The van der Waals surface area contributed by atoms with Crippen molar-refractivity contribution in [2.45, 2.75) is 58.5 Å². The number of carbonyl (C=O) groups excluding carboxylic acids is 3. The SMILES string of the molecule is CC(=O)C[C@H](NC(=O)[C@H](Cc1ccccc1)NC(=O)CCCNc1cc(C)ccn1)c1ccc(-c2ccc(C)c3ccccc23)cc1. The molecule has 5 rings (SSSR count). The Morgan fingerprint density at radius 2 is 1.51 bits per heavy atom. The van der Waals surface area contributed by atoms with Gasteiger partial charge in [-0.2, -0.15) is 0 Å². The van der Waals surface area contributed by atoms with Crippen LogP contribution in [0.15, 0.2) is 109 Å². The number of amides is 2. The molecule has 0 radical (unpaired) electrons. The fraction of sp³-hybridized carbons (Fsp3) is 0.250. The Balaban J connectivity index is 1.29. The molecule has 47 heavy (non-hydrogen) atoms. The highest BCUT2D eigenvalue weighted by Gasteiger charge is 2.25. The second-order valence-electron chi connectivity index (χ2n) is 12.1. The smallest absolute Gasteiger partial charge is 0.243 e. The highest BCUT2D eigenvalue weighted by atomic mass is 16.2. The summed E-state index contributed by atoms with van der Waals surface area (Å²) >= 11 is 0. The summed E-state index contributed by atoms with van der Waals surface area (Å²) < 4.78 is 0. The quantitative estimate of drug-likeness (QED) is 0.113. The molecule has 2 atom stereocenters. The largest absolute Gasteiger partial charge is 0.370 e. The minimum absolute atomic E-state index is 0.0388. The number of aromatic nitrogens is 1. The number of nitrogens with one attached hydrogen (secondary N) is 3. The van der Waals surface area contributed by atoms with E-state index in [0.717, 1.165) is 33.6 Å². The maximum Gasteiger partial charge on any atom is 0.243 e. The molecule has 4 aromatic carbocycles. The second-order valence-corrected chi connectivity index (χ2v) is 12.1. The summed E-state index contributed by atoms with van der Waals surface area (Å²) in [7, 11) is 0. The van der Waals surface area contributed by atoms with Crippen molar-refractivity contribution in [3.05, 3.63) is 132 Å². The lowest BCUT2D eigenvalue weighted by atomic mass is 9.93. The highest BCUT2D eigenvalue weighted by Crippen LogP contribution is 2.31. The van der Waals surface area contributed by atoms with E-state index in [1.54, 1.807) is 6.20 Å². The van der Waals surface area contributed by atoms with Crippen LogP contribution in [0.1, 0.15) is 54.5 Å². The molecule has 3 N–H and O–H groups in total. The summed E-state index contributed by atoms with van der Waals surface area (Å²) in [4.78, 5) is 43.5. The Labute approximate surface area is 276 Å². The minimum Gasteiger partial charge on any atom is -0.370 e. The molecule has 1 heterocycles. The topological polar surface area (TPSA) is 100 Å². The standard InChI is InChI=1S/C40H42N4O3/c1-27-21-23-42-38(24-27)41-22-9-14-39(46)43-37(26-30-10-5-4-6-11-30)40(47)44-36(25-29(3)45)32-18-16-31(17-19-32)34-20-15-28(2)33-12-7-8-13-35(33)34/h4-8,10-13,15-21,23-24,36-37H,9,14,22,25-26H2,1-3H3,(H,41,42)(H,43,46)(H,44,47)/t36-,37-/m0/s1. The Kier molecular flexibility index (Phi) is 11.1. The molecular weight excluding hydrogens is 584 g/mol. The van der Waals surface area contributed by atoms with Crippen LogP contribution in [0.25, 0.3) is 21.9 Å². The number of hydrogen-bond acceptors (Lipinski definition) is 5. The number of anilines is 1. The van der Waals surface area contributed by atoms with E-state index in [9.17, 15) is 14.4 Å². The van der Waals surface area contributed by atoms with Gasteiger partial charge in [-0.25, -0.2) is 4.98 Å². The number of aryl methyl sites for hydroxylation is 2.